The second-order valence-corrected chi connectivity index (χ2v) is 8.84. The summed E-state index contributed by atoms with van der Waals surface area (Å²) in [6, 6.07) is 13.0. The molecule has 0 atom stereocenters. The molecule has 4 aromatic rings. The average molecular weight is 499 g/mol. The fourth-order valence-corrected chi connectivity index (χ4v) is 4.15. The van der Waals surface area contributed by atoms with Gasteiger partial charge in [-0.05, 0) is 57.5 Å². The van der Waals surface area contributed by atoms with E-state index < -0.39 is 5.91 Å². The number of aromatic nitrogens is 3. The van der Waals surface area contributed by atoms with Crippen molar-refractivity contribution < 1.29 is 14.1 Å². The third kappa shape index (κ3) is 4.95. The number of ether oxygens (including phenoxy) is 1. The lowest BCUT2D eigenvalue weighted by Gasteiger charge is -2.10. The zero-order valence-corrected chi connectivity index (χ0v) is 20.8. The molecule has 2 aromatic carbocycles. The van der Waals surface area contributed by atoms with Crippen LogP contribution in [0.5, 0.6) is 5.75 Å². The molecule has 0 unspecified atom stereocenters. The van der Waals surface area contributed by atoms with Gasteiger partial charge in [0.1, 0.15) is 18.1 Å². The van der Waals surface area contributed by atoms with Crippen LogP contribution in [0.15, 0.2) is 47.0 Å². The van der Waals surface area contributed by atoms with Crippen LogP contribution >= 0.6 is 23.2 Å². The van der Waals surface area contributed by atoms with Crippen molar-refractivity contribution in [3.63, 3.8) is 0 Å². The summed E-state index contributed by atoms with van der Waals surface area (Å²) in [4.78, 5) is 13.1. The van der Waals surface area contributed by atoms with Gasteiger partial charge in [-0.15, -0.1) is 0 Å². The Morgan fingerprint density at radius 3 is 2.47 bits per heavy atom. The van der Waals surface area contributed by atoms with Gasteiger partial charge in [0.05, 0.1) is 29.2 Å². The molecule has 0 radical (unpaired) electrons. The maximum atomic E-state index is 13.1. The van der Waals surface area contributed by atoms with Crippen LogP contribution in [0.1, 0.15) is 44.3 Å². The molecule has 1 amide bonds. The van der Waals surface area contributed by atoms with Crippen molar-refractivity contribution in [3.05, 3.63) is 92.0 Å². The number of aryl methyl sites for hydroxylation is 3. The summed E-state index contributed by atoms with van der Waals surface area (Å²) in [6.45, 7) is 7.96. The van der Waals surface area contributed by atoms with Gasteiger partial charge in [-0.25, -0.2) is 0 Å². The lowest BCUT2D eigenvalue weighted by atomic mass is 10.2. The molecule has 0 spiro atoms. The third-order valence-electron chi connectivity index (χ3n) is 5.56. The second-order valence-electron chi connectivity index (χ2n) is 8.03. The zero-order valence-electron chi connectivity index (χ0n) is 19.3. The van der Waals surface area contributed by atoms with Crippen molar-refractivity contribution in [3.8, 4) is 5.75 Å². The maximum absolute atomic E-state index is 13.1. The SMILES string of the molecule is Cc1cccc(OCc2c(C(=O)Nc3c(C)nn(Cc4c(Cl)cccc4Cl)c3C)noc2C)c1. The summed E-state index contributed by atoms with van der Waals surface area (Å²) in [5, 5.41) is 12.6. The van der Waals surface area contributed by atoms with Crippen molar-refractivity contribution in [2.75, 3.05) is 5.32 Å². The molecule has 7 nitrogen and oxygen atoms in total. The van der Waals surface area contributed by atoms with E-state index in [1.54, 1.807) is 29.8 Å². The van der Waals surface area contributed by atoms with Gasteiger partial charge >= 0.3 is 0 Å². The molecule has 34 heavy (non-hydrogen) atoms. The van der Waals surface area contributed by atoms with Gasteiger partial charge in [0.15, 0.2) is 5.69 Å². The van der Waals surface area contributed by atoms with E-state index >= 15 is 0 Å². The van der Waals surface area contributed by atoms with E-state index in [4.69, 9.17) is 32.5 Å². The van der Waals surface area contributed by atoms with Crippen LogP contribution in [-0.2, 0) is 13.2 Å². The first kappa shape index (κ1) is 23.9. The summed E-state index contributed by atoms with van der Waals surface area (Å²) < 4.78 is 12.9. The van der Waals surface area contributed by atoms with Crippen LogP contribution in [0.3, 0.4) is 0 Å². The number of carbonyl (C=O) groups excluding carboxylic acids is 1. The van der Waals surface area contributed by atoms with Crippen LogP contribution in [0.4, 0.5) is 5.69 Å². The first-order valence-electron chi connectivity index (χ1n) is 10.7. The lowest BCUT2D eigenvalue weighted by Crippen LogP contribution is -2.16. The molecule has 0 aliphatic rings. The van der Waals surface area contributed by atoms with Gasteiger partial charge in [-0.3, -0.25) is 9.48 Å². The number of nitrogens with one attached hydrogen (secondary N) is 1. The largest absolute Gasteiger partial charge is 0.489 e. The molecule has 4 rings (SSSR count). The van der Waals surface area contributed by atoms with Crippen molar-refractivity contribution in [2.45, 2.75) is 40.8 Å². The van der Waals surface area contributed by atoms with Gasteiger partial charge in [0, 0.05) is 15.6 Å². The minimum absolute atomic E-state index is 0.157. The molecule has 9 heteroatoms. The lowest BCUT2D eigenvalue weighted by molar-refractivity contribution is 0.101. The summed E-state index contributed by atoms with van der Waals surface area (Å²) in [7, 11) is 0. The summed E-state index contributed by atoms with van der Waals surface area (Å²) in [5.74, 6) is 0.828. The Labute approximate surface area is 207 Å². The normalized spacial score (nSPS) is 11.0. The molecule has 176 valence electrons. The van der Waals surface area contributed by atoms with Crippen molar-refractivity contribution in [1.29, 1.82) is 0 Å². The van der Waals surface area contributed by atoms with Crippen LogP contribution in [-0.4, -0.2) is 20.8 Å². The second kappa shape index (κ2) is 9.91. The number of benzene rings is 2. The number of nitrogens with zero attached hydrogens (tertiary/aromatic N) is 3. The monoisotopic (exact) mass is 498 g/mol. The Kier molecular flexibility index (Phi) is 6.95. The molecular weight excluding hydrogens is 475 g/mol. The highest BCUT2D eigenvalue weighted by molar-refractivity contribution is 6.36. The number of carbonyl (C=O) groups is 1. The van der Waals surface area contributed by atoms with E-state index in [9.17, 15) is 4.79 Å². The predicted molar refractivity (Wildman–Crippen MR) is 132 cm³/mol. The molecule has 1 N–H and O–H groups in total. The van der Waals surface area contributed by atoms with Crippen LogP contribution in [0.2, 0.25) is 10.0 Å². The highest BCUT2D eigenvalue weighted by Gasteiger charge is 2.23. The Hall–Kier alpha value is -3.29. The van der Waals surface area contributed by atoms with Gasteiger partial charge in [-0.1, -0.05) is 46.6 Å². The topological polar surface area (TPSA) is 82.2 Å². The molecule has 0 aliphatic carbocycles. The van der Waals surface area contributed by atoms with Crippen molar-refractivity contribution >= 4 is 34.8 Å². The average Bonchev–Trinajstić information content (AvgIpc) is 3.29. The van der Waals surface area contributed by atoms with Crippen LogP contribution < -0.4 is 10.1 Å². The van der Waals surface area contributed by atoms with E-state index in [1.807, 2.05) is 45.0 Å². The summed E-state index contributed by atoms with van der Waals surface area (Å²) in [5.41, 5.74) is 4.62. The number of hydrogen-bond acceptors (Lipinski definition) is 5. The maximum Gasteiger partial charge on any atom is 0.278 e. The number of anilines is 1. The number of rotatable bonds is 7. The fraction of sp³-hybridized carbons (Fsp3) is 0.240. The van der Waals surface area contributed by atoms with Gasteiger partial charge in [0.2, 0.25) is 0 Å². The van der Waals surface area contributed by atoms with Gasteiger partial charge < -0.3 is 14.6 Å². The minimum atomic E-state index is -0.402. The van der Waals surface area contributed by atoms with Crippen LogP contribution in [0.25, 0.3) is 0 Å². The summed E-state index contributed by atoms with van der Waals surface area (Å²) in [6.07, 6.45) is 0. The number of amides is 1. The van der Waals surface area contributed by atoms with Crippen LogP contribution in [0, 0.1) is 27.7 Å². The highest BCUT2D eigenvalue weighted by Crippen LogP contribution is 2.28. The summed E-state index contributed by atoms with van der Waals surface area (Å²) >= 11 is 12.6. The molecule has 0 saturated carbocycles. The van der Waals surface area contributed by atoms with Crippen molar-refractivity contribution in [2.24, 2.45) is 0 Å². The molecule has 2 heterocycles. The molecule has 0 saturated heterocycles. The van der Waals surface area contributed by atoms with E-state index in [0.717, 1.165) is 16.8 Å². The Morgan fingerprint density at radius 2 is 1.76 bits per heavy atom. The zero-order chi connectivity index (χ0) is 24.4. The van der Waals surface area contributed by atoms with E-state index in [-0.39, 0.29) is 12.3 Å². The highest BCUT2D eigenvalue weighted by atomic mass is 35.5. The molecular formula is C25H24Cl2N4O3. The Morgan fingerprint density at radius 1 is 1.06 bits per heavy atom. The number of halogens is 2. The molecule has 0 fully saturated rings. The van der Waals surface area contributed by atoms with E-state index in [0.29, 0.717) is 45.0 Å². The van der Waals surface area contributed by atoms with Crippen molar-refractivity contribution in [1.82, 2.24) is 14.9 Å². The fourth-order valence-electron chi connectivity index (χ4n) is 3.64. The minimum Gasteiger partial charge on any atom is -0.489 e. The quantitative estimate of drug-likeness (QED) is 0.323. The standard InChI is InChI=1S/C25H24Cl2N4O3/c1-14-7-5-8-18(11-14)33-13-20-17(4)34-30-24(20)25(32)28-23-15(2)29-31(16(23)3)12-19-21(26)9-6-10-22(19)27/h5-11H,12-13H2,1-4H3,(H,28,32). The van der Waals surface area contributed by atoms with Gasteiger partial charge in [0.25, 0.3) is 5.91 Å². The first-order valence-corrected chi connectivity index (χ1v) is 11.4. The molecule has 2 aromatic heterocycles. The smallest absolute Gasteiger partial charge is 0.278 e. The first-order chi connectivity index (χ1) is 16.2. The van der Waals surface area contributed by atoms with Gasteiger partial charge in [-0.2, -0.15) is 5.10 Å². The molecule has 0 bridgehead atoms. The number of hydrogen-bond donors (Lipinski definition) is 1. The Balaban J connectivity index is 1.53. The molecule has 0 aliphatic heterocycles. The Bertz CT molecular complexity index is 1340. The van der Waals surface area contributed by atoms with E-state index in [2.05, 4.69) is 15.6 Å². The van der Waals surface area contributed by atoms with E-state index in [1.165, 1.54) is 0 Å². The third-order valence-corrected chi connectivity index (χ3v) is 6.27. The predicted octanol–water partition coefficient (Wildman–Crippen LogP) is 6.29.